The van der Waals surface area contributed by atoms with Gasteiger partial charge in [0.2, 0.25) is 23.6 Å². The average Bonchev–Trinajstić information content (AvgIpc) is 3.61. The van der Waals surface area contributed by atoms with E-state index >= 15 is 0 Å². The molecule has 1 aliphatic heterocycles. The number of nitrogens with one attached hydrogen (secondary N) is 4. The van der Waals surface area contributed by atoms with Crippen LogP contribution in [0.15, 0.2) is 42.5 Å². The molecule has 1 heterocycles. The molecule has 6 amide bonds. The van der Waals surface area contributed by atoms with Crippen molar-refractivity contribution in [2.24, 2.45) is 0 Å². The molecule has 51 heavy (non-hydrogen) atoms. The predicted octanol–water partition coefficient (Wildman–Crippen LogP) is 2.84. The van der Waals surface area contributed by atoms with Crippen LogP contribution in [0.1, 0.15) is 64.5 Å². The van der Waals surface area contributed by atoms with Crippen LogP contribution in [0.5, 0.6) is 0 Å². The van der Waals surface area contributed by atoms with Crippen molar-refractivity contribution < 1.29 is 59.1 Å². The number of hydrogen-bond acceptors (Lipinski definition) is 8. The van der Waals surface area contributed by atoms with Gasteiger partial charge < -0.3 is 46.7 Å². The molecule has 1 aliphatic rings. The van der Waals surface area contributed by atoms with E-state index < -0.39 is 54.8 Å². The van der Waals surface area contributed by atoms with Crippen LogP contribution in [0.3, 0.4) is 0 Å². The molecule has 2 aromatic carbocycles. The van der Waals surface area contributed by atoms with Gasteiger partial charge >= 0.3 is 12.0 Å². The van der Waals surface area contributed by atoms with Crippen LogP contribution < -0.4 is 27.0 Å². The molecule has 2 aromatic rings. The molecule has 1 atom stereocenters. The Morgan fingerprint density at radius 2 is 1.51 bits per heavy atom. The molecule has 15 nitrogen and oxygen atoms in total. The quantitative estimate of drug-likeness (QED) is 0.0989. The summed E-state index contributed by atoms with van der Waals surface area (Å²) in [7, 11) is 0. The van der Waals surface area contributed by atoms with Gasteiger partial charge in [0.05, 0.1) is 25.9 Å². The second-order valence-electron chi connectivity index (χ2n) is 11.8. The number of amides is 6. The maximum Gasteiger partial charge on any atom is 0.323 e. The van der Waals surface area contributed by atoms with E-state index in [9.17, 15) is 33.9 Å². The molecule has 0 saturated carbocycles. The van der Waals surface area contributed by atoms with Gasteiger partial charge in [-0.25, -0.2) is 4.79 Å². The summed E-state index contributed by atoms with van der Waals surface area (Å²) in [6.45, 7) is 13.0. The number of rotatable bonds is 13. The van der Waals surface area contributed by atoms with Gasteiger partial charge in [-0.2, -0.15) is 0 Å². The fourth-order valence-electron chi connectivity index (χ4n) is 4.94. The van der Waals surface area contributed by atoms with Crippen LogP contribution in [-0.2, 0) is 55.6 Å². The number of aliphatic carboxylic acids is 1. The van der Waals surface area contributed by atoms with E-state index in [1.807, 2.05) is 6.92 Å². The molecule has 1 fully saturated rings. The molecule has 0 aromatic heterocycles. The van der Waals surface area contributed by atoms with Crippen molar-refractivity contribution in [2.45, 2.75) is 78.8 Å². The molecule has 0 bridgehead atoms. The number of anilines is 3. The molecular weight excluding hydrogens is 833 g/mol. The fourth-order valence-corrected chi connectivity index (χ4v) is 4.94. The number of likely N-dealkylation sites (tertiary alicyclic amines) is 1. The van der Waals surface area contributed by atoms with Crippen LogP contribution in [0.25, 0.3) is 0 Å². The molecule has 0 spiro atoms. The van der Waals surface area contributed by atoms with Crippen LogP contribution in [0.4, 0.5) is 21.9 Å². The van der Waals surface area contributed by atoms with E-state index in [1.54, 1.807) is 61.2 Å². The number of aryl methyl sites for hydroxylation is 1. The first-order valence-electron chi connectivity index (χ1n) is 16.4. The van der Waals surface area contributed by atoms with Gasteiger partial charge in [-0.05, 0) is 69.0 Å². The van der Waals surface area contributed by atoms with E-state index in [0.717, 1.165) is 23.3 Å². The number of nitrogen functional groups attached to an aromatic ring is 1. The standard InChI is InChI=1S/C31H41N7O7.C3H8.CHO.Re/c1-19(2)38(25(16-29(42)43)30(44)34-17-27(40)37-12-4-5-13-37)28(41)18-33-26(39)14-21-7-10-23(11-8-21)35-31(45)36-24-15-22(32)9-6-20(24)3;1-3-2;1-2;/h6-11,15,19,25H,4-5,12-14,16-18,32H2,1-3H3,(H,33,39)(H,34,44)(H,42,43)(H2,35,36,45);3H2,1-2H3;1H;/q;;-1;/t25-;;;/m0.../s1. The third-order valence-corrected chi connectivity index (χ3v) is 7.25. The fraction of sp³-hybridized carbons (Fsp3) is 0.457. The zero-order chi connectivity index (χ0) is 37.8. The van der Waals surface area contributed by atoms with Crippen molar-refractivity contribution in [1.29, 1.82) is 0 Å². The summed E-state index contributed by atoms with van der Waals surface area (Å²) in [6.07, 6.45) is 2.28. The Balaban J connectivity index is 0.00000395. The zero-order valence-electron chi connectivity index (χ0n) is 29.8. The Bertz CT molecular complexity index is 1450. The van der Waals surface area contributed by atoms with Crippen molar-refractivity contribution >= 4 is 59.5 Å². The summed E-state index contributed by atoms with van der Waals surface area (Å²) >= 11 is 0. The summed E-state index contributed by atoms with van der Waals surface area (Å²) in [5.41, 5.74) is 8.83. The molecule has 3 rings (SSSR count). The molecule has 0 aliphatic carbocycles. The van der Waals surface area contributed by atoms with E-state index in [4.69, 9.17) is 10.5 Å². The first kappa shape index (κ1) is 46.2. The van der Waals surface area contributed by atoms with Gasteiger partial charge in [0.15, 0.2) is 0 Å². The summed E-state index contributed by atoms with van der Waals surface area (Å²) in [4.78, 5) is 85.6. The largest absolute Gasteiger partial charge is 0.545 e. The van der Waals surface area contributed by atoms with Crippen molar-refractivity contribution in [3.63, 3.8) is 0 Å². The Morgan fingerprint density at radius 1 is 0.922 bits per heavy atom. The minimum atomic E-state index is -1.38. The number of carboxylic acid groups (broad SMARTS) is 1. The van der Waals surface area contributed by atoms with Crippen molar-refractivity contribution in [2.75, 3.05) is 42.5 Å². The average molecular weight is 883 g/mol. The third-order valence-electron chi connectivity index (χ3n) is 7.25. The molecule has 1 saturated heterocycles. The van der Waals surface area contributed by atoms with Gasteiger partial charge in [-0.1, -0.05) is 38.5 Å². The van der Waals surface area contributed by atoms with Crippen LogP contribution in [-0.4, -0.2) is 95.6 Å². The van der Waals surface area contributed by atoms with Crippen LogP contribution in [0, 0.1) is 6.92 Å². The number of urea groups is 1. The van der Waals surface area contributed by atoms with E-state index in [0.29, 0.717) is 35.7 Å². The topological polar surface area (TPSA) is 220 Å². The van der Waals surface area contributed by atoms with Gasteiger partial charge in [0.25, 0.3) is 0 Å². The Labute approximate surface area is 313 Å². The van der Waals surface area contributed by atoms with Gasteiger partial charge in [-0.3, -0.25) is 30.8 Å². The molecule has 281 valence electrons. The normalized spacial score (nSPS) is 12.0. The Hall–Kier alpha value is -4.81. The SMILES string of the molecule is CCC.Cc1ccc(N)cc1NC(=O)Nc1ccc(CC(=O)NCC(=O)N(C(C)C)[C@@H](CC(=O)O)C(=O)NCC(=O)N2CCCC2)cc1.[CH-]=O.[Re]. The molecule has 0 unspecified atom stereocenters. The predicted molar refractivity (Wildman–Crippen MR) is 191 cm³/mol. The smallest absolute Gasteiger partial charge is 0.323 e. The molecular formula is C35H50N7O8Re-. The van der Waals surface area contributed by atoms with Crippen LogP contribution in [0.2, 0.25) is 0 Å². The number of hydrogen-bond donors (Lipinski definition) is 6. The van der Waals surface area contributed by atoms with E-state index in [1.165, 1.54) is 6.42 Å². The number of carbonyl (C=O) groups is 6. The van der Waals surface area contributed by atoms with E-state index in [2.05, 4.69) is 41.9 Å². The molecule has 16 heteroatoms. The van der Waals surface area contributed by atoms with Gasteiger partial charge in [-0.15, -0.1) is 0 Å². The number of benzene rings is 2. The minimum Gasteiger partial charge on any atom is -0.545 e. The first-order valence-corrected chi connectivity index (χ1v) is 16.4. The first-order chi connectivity index (χ1) is 23.7. The minimum absolute atomic E-state index is 0. The van der Waals surface area contributed by atoms with E-state index in [-0.39, 0.29) is 39.3 Å². The number of carbonyl (C=O) groups excluding carboxylic acids is 6. The van der Waals surface area contributed by atoms with Crippen molar-refractivity contribution in [3.05, 3.63) is 53.6 Å². The second kappa shape index (κ2) is 24.4. The molecule has 1 radical (unpaired) electrons. The van der Waals surface area contributed by atoms with Crippen LogP contribution >= 0.6 is 0 Å². The molecule has 7 N–H and O–H groups in total. The summed E-state index contributed by atoms with van der Waals surface area (Å²) < 4.78 is 0. The number of nitrogens with two attached hydrogens (primary N) is 1. The third kappa shape index (κ3) is 16.6. The van der Waals surface area contributed by atoms with Crippen molar-refractivity contribution in [3.8, 4) is 0 Å². The zero-order valence-corrected chi connectivity index (χ0v) is 32.5. The Morgan fingerprint density at radius 3 is 2.06 bits per heavy atom. The maximum atomic E-state index is 13.1. The van der Waals surface area contributed by atoms with Gasteiger partial charge in [0, 0.05) is 56.6 Å². The van der Waals surface area contributed by atoms with Crippen molar-refractivity contribution in [1.82, 2.24) is 20.4 Å². The summed E-state index contributed by atoms with van der Waals surface area (Å²) in [5.74, 6) is -3.45. The number of carboxylic acids is 1. The monoisotopic (exact) mass is 883 g/mol. The second-order valence-corrected chi connectivity index (χ2v) is 11.8. The Kier molecular flexibility index (Phi) is 22.1. The summed E-state index contributed by atoms with van der Waals surface area (Å²) in [6, 6.07) is 9.34. The van der Waals surface area contributed by atoms with Gasteiger partial charge in [0.1, 0.15) is 6.04 Å². The summed E-state index contributed by atoms with van der Waals surface area (Å²) in [5, 5.41) is 19.9. The number of nitrogens with zero attached hydrogens (tertiary/aromatic N) is 2. The maximum absolute atomic E-state index is 13.1.